The molecule has 0 atom stereocenters. The van der Waals surface area contributed by atoms with Crippen molar-refractivity contribution in [3.05, 3.63) is 62.6 Å². The summed E-state index contributed by atoms with van der Waals surface area (Å²) in [5.41, 5.74) is 1.48. The van der Waals surface area contributed by atoms with E-state index in [9.17, 15) is 18.0 Å². The van der Waals surface area contributed by atoms with Gasteiger partial charge in [0.05, 0.1) is 10.5 Å². The summed E-state index contributed by atoms with van der Waals surface area (Å²) >= 11 is 4.66. The average Bonchev–Trinajstić information content (AvgIpc) is 3.39. The zero-order valence-corrected chi connectivity index (χ0v) is 20.5. The molecule has 1 aliphatic rings. The Labute approximate surface area is 198 Å². The highest BCUT2D eigenvalue weighted by Crippen LogP contribution is 2.38. The van der Waals surface area contributed by atoms with Gasteiger partial charge in [0.15, 0.2) is 5.76 Å². The largest absolute Gasteiger partial charge is 0.439 e. The Morgan fingerprint density at radius 1 is 1.06 bits per heavy atom. The van der Waals surface area contributed by atoms with Gasteiger partial charge in [-0.25, -0.2) is 8.42 Å². The number of anilines is 1. The summed E-state index contributed by atoms with van der Waals surface area (Å²) in [6, 6.07) is 8.72. The van der Waals surface area contributed by atoms with Gasteiger partial charge in [0.2, 0.25) is 14.9 Å². The number of thiophene rings is 1. The van der Waals surface area contributed by atoms with E-state index in [-0.39, 0.29) is 21.7 Å². The number of rotatable bonds is 6. The first-order valence-electron chi connectivity index (χ1n) is 10.2. The fraction of sp³-hybridized carbons (Fsp3) is 0.273. The molecule has 4 rings (SSSR count). The van der Waals surface area contributed by atoms with Gasteiger partial charge in [0.1, 0.15) is 5.00 Å². The Morgan fingerprint density at radius 3 is 2.50 bits per heavy atom. The van der Waals surface area contributed by atoms with E-state index in [2.05, 4.69) is 26.6 Å². The molecule has 2 aromatic heterocycles. The van der Waals surface area contributed by atoms with E-state index < -0.39 is 15.7 Å². The van der Waals surface area contributed by atoms with Crippen molar-refractivity contribution in [1.29, 1.82) is 0 Å². The number of amides is 2. The third-order valence-electron chi connectivity index (χ3n) is 5.16. The molecule has 0 saturated heterocycles. The minimum absolute atomic E-state index is 0.0615. The average molecular weight is 537 g/mol. The Kier molecular flexibility index (Phi) is 6.55. The van der Waals surface area contributed by atoms with Crippen molar-refractivity contribution in [2.45, 2.75) is 42.6 Å². The molecule has 7 nitrogen and oxygen atoms in total. The van der Waals surface area contributed by atoms with Gasteiger partial charge >= 0.3 is 0 Å². The minimum atomic E-state index is -3.90. The molecule has 10 heteroatoms. The molecule has 0 spiro atoms. The van der Waals surface area contributed by atoms with E-state index in [0.29, 0.717) is 17.1 Å². The van der Waals surface area contributed by atoms with Crippen LogP contribution in [-0.2, 0) is 22.7 Å². The number of hydrogen-bond donors (Lipinski definition) is 2. The van der Waals surface area contributed by atoms with E-state index in [0.717, 1.165) is 40.6 Å². The van der Waals surface area contributed by atoms with Gasteiger partial charge < -0.3 is 15.1 Å². The quantitative estimate of drug-likeness (QED) is 0.469. The summed E-state index contributed by atoms with van der Waals surface area (Å²) in [6.45, 7) is 2.32. The normalized spacial score (nSPS) is 13.4. The molecule has 0 bridgehead atoms. The molecule has 2 heterocycles. The number of carbonyl (C=O) groups excluding carboxylic acids is 2. The zero-order chi connectivity index (χ0) is 22.9. The van der Waals surface area contributed by atoms with Gasteiger partial charge in [0, 0.05) is 15.9 Å². The molecule has 168 valence electrons. The van der Waals surface area contributed by atoms with Crippen molar-refractivity contribution in [1.82, 2.24) is 5.32 Å². The lowest BCUT2D eigenvalue weighted by molar-refractivity contribution is 0.0956. The number of furan rings is 1. The topological polar surface area (TPSA) is 105 Å². The SMILES string of the molecule is CCNC(=O)c1c(NC(=O)c2ccc(S(=O)(=O)c3ccc(Br)cc3)o2)sc2c1CCCC2. The van der Waals surface area contributed by atoms with Crippen molar-refractivity contribution in [2.24, 2.45) is 0 Å². The van der Waals surface area contributed by atoms with Crippen LogP contribution in [0, 0.1) is 0 Å². The van der Waals surface area contributed by atoms with Crippen LogP contribution in [-0.4, -0.2) is 26.8 Å². The molecular formula is C22H21BrN2O5S2. The van der Waals surface area contributed by atoms with E-state index >= 15 is 0 Å². The number of nitrogens with one attached hydrogen (secondary N) is 2. The second kappa shape index (κ2) is 9.21. The van der Waals surface area contributed by atoms with Crippen molar-refractivity contribution in [2.75, 3.05) is 11.9 Å². The lowest BCUT2D eigenvalue weighted by Gasteiger charge is -2.12. The number of sulfone groups is 1. The molecule has 0 unspecified atom stereocenters. The second-order valence-electron chi connectivity index (χ2n) is 7.30. The van der Waals surface area contributed by atoms with Crippen molar-refractivity contribution < 1.29 is 22.4 Å². The first-order valence-corrected chi connectivity index (χ1v) is 13.2. The van der Waals surface area contributed by atoms with E-state index in [1.807, 2.05) is 6.92 Å². The standard InChI is InChI=1S/C22H21BrN2O5S2/c1-2-24-21(27)19-15-5-3-4-6-17(15)31-22(19)25-20(26)16-11-12-18(30-16)32(28,29)14-9-7-13(23)8-10-14/h7-12H,2-6H2,1H3,(H,24,27)(H,25,26). The number of aryl methyl sites for hydroxylation is 1. The van der Waals surface area contributed by atoms with E-state index in [1.165, 1.54) is 35.6 Å². The number of fused-ring (bicyclic) bond motifs is 1. The van der Waals surface area contributed by atoms with Gasteiger partial charge in [0.25, 0.3) is 11.8 Å². The van der Waals surface area contributed by atoms with Crippen molar-refractivity contribution in [3.8, 4) is 0 Å². The predicted molar refractivity (Wildman–Crippen MR) is 125 cm³/mol. The van der Waals surface area contributed by atoms with Crippen LogP contribution in [0.5, 0.6) is 0 Å². The maximum Gasteiger partial charge on any atom is 0.292 e. The Hall–Kier alpha value is -2.43. The van der Waals surface area contributed by atoms with Crippen LogP contribution < -0.4 is 10.6 Å². The third kappa shape index (κ3) is 4.39. The Morgan fingerprint density at radius 2 is 1.78 bits per heavy atom. The smallest absolute Gasteiger partial charge is 0.292 e. The molecule has 0 radical (unpaired) electrons. The Balaban J connectivity index is 1.61. The molecule has 32 heavy (non-hydrogen) atoms. The summed E-state index contributed by atoms with van der Waals surface area (Å²) in [5.74, 6) is -0.972. The lowest BCUT2D eigenvalue weighted by atomic mass is 9.95. The maximum absolute atomic E-state index is 12.9. The van der Waals surface area contributed by atoms with E-state index in [1.54, 1.807) is 12.1 Å². The minimum Gasteiger partial charge on any atom is -0.439 e. The van der Waals surface area contributed by atoms with Crippen LogP contribution in [0.15, 0.2) is 55.3 Å². The molecular weight excluding hydrogens is 516 g/mol. The highest BCUT2D eigenvalue weighted by atomic mass is 79.9. The van der Waals surface area contributed by atoms with Gasteiger partial charge in [-0.05, 0) is 74.6 Å². The van der Waals surface area contributed by atoms with Gasteiger partial charge in [-0.2, -0.15) is 0 Å². The monoisotopic (exact) mass is 536 g/mol. The summed E-state index contributed by atoms with van der Waals surface area (Å²) < 4.78 is 31.7. The summed E-state index contributed by atoms with van der Waals surface area (Å²) in [4.78, 5) is 26.7. The van der Waals surface area contributed by atoms with Crippen LogP contribution in [0.1, 0.15) is 51.1 Å². The molecule has 3 aromatic rings. The highest BCUT2D eigenvalue weighted by Gasteiger charge is 2.28. The second-order valence-corrected chi connectivity index (χ2v) is 11.2. The molecule has 2 N–H and O–H groups in total. The summed E-state index contributed by atoms with van der Waals surface area (Å²) in [6.07, 6.45) is 3.72. The number of benzene rings is 1. The maximum atomic E-state index is 12.9. The van der Waals surface area contributed by atoms with Crippen LogP contribution in [0.25, 0.3) is 0 Å². The highest BCUT2D eigenvalue weighted by molar-refractivity contribution is 9.10. The van der Waals surface area contributed by atoms with Crippen LogP contribution in [0.4, 0.5) is 5.00 Å². The fourth-order valence-corrected chi connectivity index (χ4v) is 6.34. The molecule has 1 aliphatic carbocycles. The van der Waals surface area contributed by atoms with Crippen LogP contribution >= 0.6 is 27.3 Å². The molecule has 0 saturated carbocycles. The number of halogens is 1. The third-order valence-corrected chi connectivity index (χ3v) is 8.53. The van der Waals surface area contributed by atoms with Crippen molar-refractivity contribution >= 4 is 53.9 Å². The summed E-state index contributed by atoms with van der Waals surface area (Å²) in [5, 5.41) is 5.71. The molecule has 0 fully saturated rings. The lowest BCUT2D eigenvalue weighted by Crippen LogP contribution is -2.25. The number of carbonyl (C=O) groups is 2. The zero-order valence-electron chi connectivity index (χ0n) is 17.2. The van der Waals surface area contributed by atoms with Gasteiger partial charge in [-0.15, -0.1) is 11.3 Å². The Bertz CT molecular complexity index is 1280. The molecule has 2 amide bonds. The molecule has 0 aliphatic heterocycles. The first-order chi connectivity index (χ1) is 15.3. The molecule has 1 aromatic carbocycles. The fourth-order valence-electron chi connectivity index (χ4n) is 3.62. The van der Waals surface area contributed by atoms with Crippen LogP contribution in [0.2, 0.25) is 0 Å². The van der Waals surface area contributed by atoms with Gasteiger partial charge in [-0.1, -0.05) is 15.9 Å². The van der Waals surface area contributed by atoms with Gasteiger partial charge in [-0.3, -0.25) is 9.59 Å². The van der Waals surface area contributed by atoms with Crippen LogP contribution in [0.3, 0.4) is 0 Å². The predicted octanol–water partition coefficient (Wildman–Crippen LogP) is 4.82. The van der Waals surface area contributed by atoms with Crippen molar-refractivity contribution in [3.63, 3.8) is 0 Å². The van der Waals surface area contributed by atoms with E-state index in [4.69, 9.17) is 4.42 Å². The number of hydrogen-bond acceptors (Lipinski definition) is 6. The summed E-state index contributed by atoms with van der Waals surface area (Å²) in [7, 11) is -3.90. The first kappa shape index (κ1) is 22.8.